The van der Waals surface area contributed by atoms with Gasteiger partial charge < -0.3 is 8.99 Å². The van der Waals surface area contributed by atoms with Gasteiger partial charge in [0, 0.05) is 30.6 Å². The lowest BCUT2D eigenvalue weighted by atomic mass is 10.2. The van der Waals surface area contributed by atoms with Crippen molar-refractivity contribution in [3.8, 4) is 5.75 Å². The first-order valence-electron chi connectivity index (χ1n) is 13.1. The summed E-state index contributed by atoms with van der Waals surface area (Å²) in [5, 5.41) is 2.76. The van der Waals surface area contributed by atoms with Crippen molar-refractivity contribution < 1.29 is 12.8 Å². The van der Waals surface area contributed by atoms with Gasteiger partial charge in [0.15, 0.2) is 15.1 Å². The number of halogens is 1. The van der Waals surface area contributed by atoms with E-state index in [1.165, 1.54) is 15.6 Å². The summed E-state index contributed by atoms with van der Waals surface area (Å²) in [6.45, 7) is 15.7. The molecule has 0 radical (unpaired) electrons. The maximum absolute atomic E-state index is 14.2. The molecule has 1 aromatic carbocycles. The van der Waals surface area contributed by atoms with Crippen LogP contribution >= 0.6 is 22.9 Å². The van der Waals surface area contributed by atoms with Crippen LogP contribution in [-0.4, -0.2) is 37.2 Å². The highest BCUT2D eigenvalue weighted by atomic mass is 35.5. The molecule has 38 heavy (non-hydrogen) atoms. The molecule has 4 aromatic rings. The van der Waals surface area contributed by atoms with Crippen molar-refractivity contribution in [2.45, 2.75) is 83.5 Å². The van der Waals surface area contributed by atoms with Crippen LogP contribution in [0.4, 0.5) is 5.69 Å². The molecule has 0 amide bonds. The van der Waals surface area contributed by atoms with Gasteiger partial charge in [-0.25, -0.2) is 4.98 Å². The number of rotatable bonds is 10. The summed E-state index contributed by atoms with van der Waals surface area (Å²) in [4.78, 5) is 4.84. The minimum atomic E-state index is -4.00. The molecule has 0 N–H and O–H groups in total. The number of sulfonamides is 1. The van der Waals surface area contributed by atoms with Gasteiger partial charge in [0.2, 0.25) is 0 Å². The van der Waals surface area contributed by atoms with Gasteiger partial charge in [0.1, 0.15) is 5.75 Å². The molecule has 0 saturated carbocycles. The molecule has 208 valence electrons. The summed E-state index contributed by atoms with van der Waals surface area (Å²) in [5.41, 5.74) is 2.63. The van der Waals surface area contributed by atoms with E-state index in [0.29, 0.717) is 17.2 Å². The van der Waals surface area contributed by atoms with E-state index in [2.05, 4.69) is 57.3 Å². The van der Waals surface area contributed by atoms with Gasteiger partial charge in [-0.15, -0.1) is 11.3 Å². The molecule has 4 rings (SSSR count). The van der Waals surface area contributed by atoms with Crippen molar-refractivity contribution >= 4 is 62.8 Å². The van der Waals surface area contributed by atoms with Crippen LogP contribution in [0.2, 0.25) is 23.3 Å². The van der Waals surface area contributed by atoms with Crippen molar-refractivity contribution in [3.63, 3.8) is 0 Å². The number of aromatic nitrogens is 3. The first-order valence-corrected chi connectivity index (χ1v) is 18.7. The van der Waals surface area contributed by atoms with Crippen LogP contribution in [0.15, 0.2) is 34.8 Å². The zero-order valence-electron chi connectivity index (χ0n) is 23.6. The van der Waals surface area contributed by atoms with E-state index in [1.54, 1.807) is 10.6 Å². The minimum Gasteiger partial charge on any atom is -0.542 e. The van der Waals surface area contributed by atoms with Crippen molar-refractivity contribution in [2.24, 2.45) is 7.05 Å². The van der Waals surface area contributed by atoms with Crippen LogP contribution < -0.4 is 8.73 Å². The molecule has 11 heteroatoms. The zero-order chi connectivity index (χ0) is 28.0. The Balaban J connectivity index is 1.86. The maximum Gasteiger partial charge on any atom is 0.283 e. The minimum absolute atomic E-state index is 0.00556. The van der Waals surface area contributed by atoms with Gasteiger partial charge in [0.05, 0.1) is 16.9 Å². The van der Waals surface area contributed by atoms with Crippen LogP contribution in [0, 0.1) is 6.92 Å². The van der Waals surface area contributed by atoms with E-state index < -0.39 is 18.3 Å². The second kappa shape index (κ2) is 10.5. The Hall–Kier alpha value is -2.01. The van der Waals surface area contributed by atoms with Crippen molar-refractivity contribution in [1.29, 1.82) is 0 Å². The molecule has 0 bridgehead atoms. The van der Waals surface area contributed by atoms with Gasteiger partial charge in [-0.1, -0.05) is 58.6 Å². The standard InChI is InChI=1S/C27H39ClN4O3S2Si/c1-9-10-11-12-15-32(37(33,34)25-24(28)29-26-31(25)16-17-36-26)20-13-14-22-21(18-20)23(19(2)30(22)6)35-38(7,8)27(3,4)5/h13-14,16-18H,9-12,15H2,1-8H3. The smallest absolute Gasteiger partial charge is 0.283 e. The van der Waals surface area contributed by atoms with Crippen molar-refractivity contribution in [1.82, 2.24) is 14.0 Å². The number of nitrogens with zero attached hydrogens (tertiary/aromatic N) is 4. The summed E-state index contributed by atoms with van der Waals surface area (Å²) in [6, 6.07) is 5.83. The Morgan fingerprint density at radius 3 is 2.55 bits per heavy atom. The number of unbranched alkanes of at least 4 members (excludes halogenated alkanes) is 3. The number of hydrogen-bond acceptors (Lipinski definition) is 5. The number of benzene rings is 1. The molecular formula is C27H39ClN4O3S2Si. The van der Waals surface area contributed by atoms with E-state index in [4.69, 9.17) is 16.0 Å². The topological polar surface area (TPSA) is 68.8 Å². The summed E-state index contributed by atoms with van der Waals surface area (Å²) >= 11 is 7.77. The molecule has 0 saturated heterocycles. The van der Waals surface area contributed by atoms with E-state index in [9.17, 15) is 8.42 Å². The molecule has 0 aliphatic carbocycles. The largest absolute Gasteiger partial charge is 0.542 e. The fourth-order valence-corrected chi connectivity index (χ4v) is 8.35. The molecular weight excluding hydrogens is 556 g/mol. The SMILES string of the molecule is CCCCCCN(c1ccc2c(c1)c(O[Si](C)(C)C(C)(C)C)c(C)n2C)S(=O)(=O)c1c(Cl)nc2sccn12. The quantitative estimate of drug-likeness (QED) is 0.138. The van der Waals surface area contributed by atoms with Gasteiger partial charge in [0.25, 0.3) is 18.3 Å². The van der Waals surface area contributed by atoms with Crippen LogP contribution in [0.3, 0.4) is 0 Å². The molecule has 0 aliphatic rings. The fraction of sp³-hybridized carbons (Fsp3) is 0.519. The van der Waals surface area contributed by atoms with Crippen molar-refractivity contribution in [3.05, 3.63) is 40.6 Å². The van der Waals surface area contributed by atoms with Gasteiger partial charge in [-0.05, 0) is 49.7 Å². The van der Waals surface area contributed by atoms with E-state index in [-0.39, 0.29) is 15.2 Å². The zero-order valence-corrected chi connectivity index (χ0v) is 27.0. The molecule has 0 fully saturated rings. The predicted molar refractivity (Wildman–Crippen MR) is 162 cm³/mol. The first kappa shape index (κ1) is 29.0. The maximum atomic E-state index is 14.2. The Morgan fingerprint density at radius 2 is 1.89 bits per heavy atom. The number of imidazole rings is 1. The molecule has 3 aromatic heterocycles. The predicted octanol–water partition coefficient (Wildman–Crippen LogP) is 8.01. The summed E-state index contributed by atoms with van der Waals surface area (Å²) in [5.74, 6) is 0.835. The van der Waals surface area contributed by atoms with E-state index in [1.807, 2.05) is 30.6 Å². The third-order valence-corrected chi connectivity index (χ3v) is 15.1. The summed E-state index contributed by atoms with van der Waals surface area (Å²) in [7, 11) is -4.12. The Bertz CT molecular complexity index is 1560. The Labute approximate surface area is 236 Å². The lowest BCUT2D eigenvalue weighted by Gasteiger charge is -2.36. The molecule has 7 nitrogen and oxygen atoms in total. The van der Waals surface area contributed by atoms with Gasteiger partial charge >= 0.3 is 0 Å². The Morgan fingerprint density at radius 1 is 1.18 bits per heavy atom. The van der Waals surface area contributed by atoms with E-state index >= 15 is 0 Å². The van der Waals surface area contributed by atoms with Crippen LogP contribution in [0.25, 0.3) is 15.9 Å². The third-order valence-electron chi connectivity index (χ3n) is 7.80. The highest BCUT2D eigenvalue weighted by Gasteiger charge is 2.40. The summed E-state index contributed by atoms with van der Waals surface area (Å²) < 4.78 is 40.4. The number of thiazole rings is 1. The summed E-state index contributed by atoms with van der Waals surface area (Å²) in [6.07, 6.45) is 5.52. The molecule has 3 heterocycles. The lowest BCUT2D eigenvalue weighted by Crippen LogP contribution is -2.44. The number of fused-ring (bicyclic) bond motifs is 2. The molecule has 0 unspecified atom stereocenters. The monoisotopic (exact) mass is 594 g/mol. The average molecular weight is 595 g/mol. The lowest BCUT2D eigenvalue weighted by molar-refractivity contribution is 0.491. The third kappa shape index (κ3) is 5.12. The normalized spacial score (nSPS) is 13.1. The number of aryl methyl sites for hydroxylation is 1. The number of anilines is 1. The van der Waals surface area contributed by atoms with Crippen LogP contribution in [-0.2, 0) is 17.1 Å². The molecule has 0 atom stereocenters. The number of hydrogen-bond donors (Lipinski definition) is 0. The average Bonchev–Trinajstić information content (AvgIpc) is 3.46. The first-order chi connectivity index (χ1) is 17.7. The van der Waals surface area contributed by atoms with Crippen molar-refractivity contribution in [2.75, 3.05) is 10.8 Å². The highest BCUT2D eigenvalue weighted by molar-refractivity contribution is 7.92. The fourth-order valence-electron chi connectivity index (χ4n) is 4.36. The molecule has 0 aliphatic heterocycles. The highest BCUT2D eigenvalue weighted by Crippen LogP contribution is 2.43. The second-order valence-electron chi connectivity index (χ2n) is 11.4. The van der Waals surface area contributed by atoms with Gasteiger partial charge in [-0.3, -0.25) is 8.71 Å². The van der Waals surface area contributed by atoms with Gasteiger partial charge in [-0.2, -0.15) is 8.42 Å². The molecule has 0 spiro atoms. The van der Waals surface area contributed by atoms with Crippen LogP contribution in [0.1, 0.15) is 59.1 Å². The Kier molecular flexibility index (Phi) is 8.02. The van der Waals surface area contributed by atoms with E-state index in [0.717, 1.165) is 48.0 Å². The second-order valence-corrected chi connectivity index (χ2v) is 19.2. The van der Waals surface area contributed by atoms with Crippen LogP contribution in [0.5, 0.6) is 5.75 Å².